The van der Waals surface area contributed by atoms with Gasteiger partial charge in [0.05, 0.1) is 6.04 Å². The van der Waals surface area contributed by atoms with Crippen LogP contribution in [0.5, 0.6) is 0 Å². The Bertz CT molecular complexity index is 627. The van der Waals surface area contributed by atoms with Gasteiger partial charge in [0.2, 0.25) is 5.91 Å². The van der Waals surface area contributed by atoms with Crippen LogP contribution in [0.2, 0.25) is 0 Å². The van der Waals surface area contributed by atoms with Gasteiger partial charge < -0.3 is 15.5 Å². The second-order valence-electron chi connectivity index (χ2n) is 7.18. The molecule has 1 aromatic rings. The van der Waals surface area contributed by atoms with E-state index in [-0.39, 0.29) is 17.4 Å². The van der Waals surface area contributed by atoms with E-state index >= 15 is 0 Å². The molecule has 2 N–H and O–H groups in total. The molecule has 1 saturated heterocycles. The minimum atomic E-state index is -0.525. The van der Waals surface area contributed by atoms with Crippen LogP contribution in [0.25, 0.3) is 0 Å². The number of rotatable bonds is 2. The molecule has 3 amide bonds. The molecule has 0 saturated carbocycles. The highest BCUT2D eigenvalue weighted by molar-refractivity contribution is 5.87. The van der Waals surface area contributed by atoms with E-state index in [2.05, 4.69) is 38.0 Å². The van der Waals surface area contributed by atoms with Gasteiger partial charge in [-0.2, -0.15) is 0 Å². The molecule has 0 unspecified atom stereocenters. The molecule has 1 heterocycles. The second kappa shape index (κ2) is 6.07. The number of hydrogen-bond acceptors (Lipinski definition) is 2. The van der Waals surface area contributed by atoms with Gasteiger partial charge in [0.25, 0.3) is 0 Å². The van der Waals surface area contributed by atoms with Crippen molar-refractivity contribution in [1.29, 1.82) is 0 Å². The summed E-state index contributed by atoms with van der Waals surface area (Å²) in [5, 5.41) is 5.46. The van der Waals surface area contributed by atoms with Crippen molar-refractivity contribution < 1.29 is 9.59 Å². The molecule has 2 rings (SSSR count). The third kappa shape index (κ3) is 3.55. The molecule has 0 radical (unpaired) electrons. The van der Waals surface area contributed by atoms with Crippen LogP contribution in [-0.4, -0.2) is 30.9 Å². The quantitative estimate of drug-likeness (QED) is 0.881. The van der Waals surface area contributed by atoms with Crippen LogP contribution in [0.15, 0.2) is 36.5 Å². The summed E-state index contributed by atoms with van der Waals surface area (Å²) in [5.41, 5.74) is 2.58. The summed E-state index contributed by atoms with van der Waals surface area (Å²) in [6.07, 6.45) is 0. The first kappa shape index (κ1) is 17.1. The number of hydrogen-bond donors (Lipinski definition) is 2. The van der Waals surface area contributed by atoms with E-state index in [9.17, 15) is 9.59 Å². The number of carbonyl (C=O) groups is 2. The molecule has 1 fully saturated rings. The first-order valence-electron chi connectivity index (χ1n) is 7.69. The molecule has 0 aromatic heterocycles. The maximum atomic E-state index is 12.5. The summed E-state index contributed by atoms with van der Waals surface area (Å²) in [4.78, 5) is 25.8. The maximum absolute atomic E-state index is 12.5. The lowest BCUT2D eigenvalue weighted by atomic mass is 9.83. The van der Waals surface area contributed by atoms with E-state index in [1.165, 1.54) is 10.5 Å². The van der Waals surface area contributed by atoms with Gasteiger partial charge in [0.15, 0.2) is 0 Å². The monoisotopic (exact) mass is 315 g/mol. The van der Waals surface area contributed by atoms with E-state index in [4.69, 9.17) is 0 Å². The zero-order valence-corrected chi connectivity index (χ0v) is 14.4. The number of urea groups is 1. The van der Waals surface area contributed by atoms with E-state index in [0.29, 0.717) is 5.70 Å². The first-order chi connectivity index (χ1) is 10.6. The molecule has 1 aliphatic rings. The highest BCUT2D eigenvalue weighted by Crippen LogP contribution is 2.32. The average Bonchev–Trinajstić information content (AvgIpc) is 2.45. The van der Waals surface area contributed by atoms with Crippen molar-refractivity contribution in [2.75, 3.05) is 14.1 Å². The SMILES string of the molecule is C=C1NC(=O)N[C@H](c2ccc(C(C)(C)C)cc2)[C@@H]1C(=O)N(C)C. The van der Waals surface area contributed by atoms with Crippen LogP contribution in [0.3, 0.4) is 0 Å². The van der Waals surface area contributed by atoms with Gasteiger partial charge in [0.1, 0.15) is 5.92 Å². The van der Waals surface area contributed by atoms with Crippen molar-refractivity contribution in [3.05, 3.63) is 47.7 Å². The number of benzene rings is 1. The predicted molar refractivity (Wildman–Crippen MR) is 90.9 cm³/mol. The number of amides is 3. The maximum Gasteiger partial charge on any atom is 0.319 e. The average molecular weight is 315 g/mol. The molecular formula is C18H25N3O2. The fraction of sp³-hybridized carbons (Fsp3) is 0.444. The summed E-state index contributed by atoms with van der Waals surface area (Å²) < 4.78 is 0. The summed E-state index contributed by atoms with van der Waals surface area (Å²) in [7, 11) is 3.40. The zero-order chi connectivity index (χ0) is 17.4. The standard InChI is InChI=1S/C18H25N3O2/c1-11-14(16(22)21(5)6)15(20-17(23)19-11)12-7-9-13(10-8-12)18(2,3)4/h7-10,14-15H,1H2,2-6H3,(H2,19,20,23)/t14-,15-/m1/s1. The first-order valence-corrected chi connectivity index (χ1v) is 7.69. The van der Waals surface area contributed by atoms with Crippen LogP contribution in [-0.2, 0) is 10.2 Å². The lowest BCUT2D eigenvalue weighted by molar-refractivity contribution is -0.132. The van der Waals surface area contributed by atoms with Gasteiger partial charge in [0, 0.05) is 19.8 Å². The smallest absolute Gasteiger partial charge is 0.319 e. The van der Waals surface area contributed by atoms with E-state index < -0.39 is 12.0 Å². The highest BCUT2D eigenvalue weighted by atomic mass is 16.2. The molecule has 2 atom stereocenters. The summed E-state index contributed by atoms with van der Waals surface area (Å²) in [6, 6.07) is 7.29. The van der Waals surface area contributed by atoms with Crippen LogP contribution in [0.4, 0.5) is 4.79 Å². The second-order valence-corrected chi connectivity index (χ2v) is 7.18. The Morgan fingerprint density at radius 1 is 1.17 bits per heavy atom. The van der Waals surface area contributed by atoms with E-state index in [1.807, 2.05) is 24.3 Å². The number of nitrogens with zero attached hydrogens (tertiary/aromatic N) is 1. The summed E-state index contributed by atoms with van der Waals surface area (Å²) in [6.45, 7) is 10.3. The molecule has 0 aliphatic carbocycles. The van der Waals surface area contributed by atoms with Gasteiger partial charge in [-0.25, -0.2) is 4.79 Å². The lowest BCUT2D eigenvalue weighted by Gasteiger charge is -2.35. The van der Waals surface area contributed by atoms with Gasteiger partial charge in [-0.05, 0) is 16.5 Å². The van der Waals surface area contributed by atoms with Gasteiger partial charge >= 0.3 is 6.03 Å². The number of nitrogens with one attached hydrogen (secondary N) is 2. The van der Waals surface area contributed by atoms with Crippen molar-refractivity contribution in [3.8, 4) is 0 Å². The largest absolute Gasteiger partial charge is 0.348 e. The van der Waals surface area contributed by atoms with Crippen molar-refractivity contribution in [2.24, 2.45) is 5.92 Å². The zero-order valence-electron chi connectivity index (χ0n) is 14.4. The molecule has 1 aliphatic heterocycles. The summed E-state index contributed by atoms with van der Waals surface area (Å²) in [5.74, 6) is -0.615. The molecule has 5 heteroatoms. The Morgan fingerprint density at radius 2 is 1.74 bits per heavy atom. The van der Waals surface area contributed by atoms with Gasteiger partial charge in [-0.1, -0.05) is 51.6 Å². The Kier molecular flexibility index (Phi) is 4.50. The van der Waals surface area contributed by atoms with Gasteiger partial charge in [-0.15, -0.1) is 0 Å². The van der Waals surface area contributed by atoms with E-state index in [1.54, 1.807) is 14.1 Å². The highest BCUT2D eigenvalue weighted by Gasteiger charge is 2.38. The third-order valence-corrected chi connectivity index (χ3v) is 4.11. The fourth-order valence-corrected chi connectivity index (χ4v) is 2.72. The van der Waals surface area contributed by atoms with Gasteiger partial charge in [-0.3, -0.25) is 4.79 Å². The van der Waals surface area contributed by atoms with Crippen molar-refractivity contribution in [2.45, 2.75) is 32.2 Å². The lowest BCUT2D eigenvalue weighted by Crippen LogP contribution is -2.52. The Morgan fingerprint density at radius 3 is 2.22 bits per heavy atom. The van der Waals surface area contributed by atoms with Crippen LogP contribution >= 0.6 is 0 Å². The van der Waals surface area contributed by atoms with Crippen LogP contribution < -0.4 is 10.6 Å². The minimum Gasteiger partial charge on any atom is -0.348 e. The minimum absolute atomic E-state index is 0.0539. The molecule has 0 spiro atoms. The normalized spacial score (nSPS) is 21.4. The molecular weight excluding hydrogens is 290 g/mol. The number of carbonyl (C=O) groups excluding carboxylic acids is 2. The van der Waals surface area contributed by atoms with Crippen molar-refractivity contribution >= 4 is 11.9 Å². The molecule has 23 heavy (non-hydrogen) atoms. The third-order valence-electron chi connectivity index (χ3n) is 4.11. The van der Waals surface area contributed by atoms with Crippen LogP contribution in [0, 0.1) is 5.92 Å². The molecule has 5 nitrogen and oxygen atoms in total. The van der Waals surface area contributed by atoms with E-state index in [0.717, 1.165) is 5.56 Å². The molecule has 124 valence electrons. The topological polar surface area (TPSA) is 61.4 Å². The van der Waals surface area contributed by atoms with Crippen molar-refractivity contribution in [3.63, 3.8) is 0 Å². The molecule has 1 aromatic carbocycles. The molecule has 0 bridgehead atoms. The Hall–Kier alpha value is -2.30. The van der Waals surface area contributed by atoms with Crippen molar-refractivity contribution in [1.82, 2.24) is 15.5 Å². The Labute approximate surface area is 137 Å². The fourth-order valence-electron chi connectivity index (χ4n) is 2.72. The summed E-state index contributed by atoms with van der Waals surface area (Å²) >= 11 is 0. The predicted octanol–water partition coefficient (Wildman–Crippen LogP) is 2.56. The Balaban J connectivity index is 2.38. The van der Waals surface area contributed by atoms with Crippen LogP contribution in [0.1, 0.15) is 37.9 Å².